The van der Waals surface area contributed by atoms with Gasteiger partial charge in [0.1, 0.15) is 11.6 Å². The van der Waals surface area contributed by atoms with E-state index >= 15 is 0 Å². The molecule has 1 aliphatic heterocycles. The third-order valence-corrected chi connectivity index (χ3v) is 5.10. The number of alkyl halides is 1. The van der Waals surface area contributed by atoms with Gasteiger partial charge in [-0.15, -0.1) is 0 Å². The molecule has 25 heavy (non-hydrogen) atoms. The Morgan fingerprint density at radius 1 is 1.08 bits per heavy atom. The molecule has 2 aromatic rings. The lowest BCUT2D eigenvalue weighted by atomic mass is 9.91. The molecule has 1 unspecified atom stereocenters. The predicted molar refractivity (Wildman–Crippen MR) is 110 cm³/mol. The molecule has 0 saturated carbocycles. The van der Waals surface area contributed by atoms with Gasteiger partial charge in [-0.1, -0.05) is 73.3 Å². The van der Waals surface area contributed by atoms with Crippen LogP contribution in [-0.4, -0.2) is 3.92 Å². The molecule has 0 amide bonds. The summed E-state index contributed by atoms with van der Waals surface area (Å²) in [6.45, 7) is 9.66. The molecule has 2 aromatic carbocycles. The summed E-state index contributed by atoms with van der Waals surface area (Å²) in [5.41, 5.74) is 3.65. The number of benzene rings is 2. The van der Waals surface area contributed by atoms with Gasteiger partial charge in [-0.05, 0) is 42.2 Å². The zero-order chi connectivity index (χ0) is 18.6. The van der Waals surface area contributed by atoms with Crippen LogP contribution in [0.4, 0.5) is 8.78 Å². The predicted octanol–water partition coefficient (Wildman–Crippen LogP) is 6.48. The van der Waals surface area contributed by atoms with Crippen molar-refractivity contribution in [3.8, 4) is 0 Å². The van der Waals surface area contributed by atoms with Gasteiger partial charge in [-0.2, -0.15) is 0 Å². The molecule has 0 aromatic heterocycles. The fourth-order valence-electron chi connectivity index (χ4n) is 2.77. The topological polar surface area (TPSA) is 12.0 Å². The number of hydrogen-bond donors (Lipinski definition) is 1. The Morgan fingerprint density at radius 3 is 2.20 bits per heavy atom. The second kappa shape index (κ2) is 8.61. The number of aryl methyl sites for hydroxylation is 1. The molecule has 0 spiro atoms. The average Bonchev–Trinajstić information content (AvgIpc) is 2.59. The molecule has 0 aliphatic carbocycles. The fourth-order valence-corrected chi connectivity index (χ4v) is 3.37. The van der Waals surface area contributed by atoms with Crippen LogP contribution < -0.4 is 5.32 Å². The van der Waals surface area contributed by atoms with E-state index in [9.17, 15) is 8.78 Å². The Kier molecular flexibility index (Phi) is 6.76. The number of allylic oxidation sites excluding steroid dienone is 2. The van der Waals surface area contributed by atoms with Crippen molar-refractivity contribution < 1.29 is 8.78 Å². The van der Waals surface area contributed by atoms with Gasteiger partial charge in [0, 0.05) is 5.70 Å². The highest BCUT2D eigenvalue weighted by atomic mass is 127. The lowest BCUT2D eigenvalue weighted by Gasteiger charge is -2.28. The number of rotatable bonds is 2. The first-order valence-electron chi connectivity index (χ1n) is 8.32. The number of nitrogens with one attached hydrogen (secondary N) is 1. The van der Waals surface area contributed by atoms with E-state index in [0.29, 0.717) is 17.7 Å². The van der Waals surface area contributed by atoms with Gasteiger partial charge in [-0.3, -0.25) is 0 Å². The van der Waals surface area contributed by atoms with Gasteiger partial charge in [0.25, 0.3) is 0 Å². The van der Waals surface area contributed by atoms with Crippen LogP contribution in [0.2, 0.25) is 0 Å². The average molecular weight is 453 g/mol. The van der Waals surface area contributed by atoms with Crippen molar-refractivity contribution in [3.63, 3.8) is 0 Å². The molecule has 132 valence electrons. The van der Waals surface area contributed by atoms with E-state index in [1.54, 1.807) is 6.92 Å². The lowest BCUT2D eigenvalue weighted by Crippen LogP contribution is -2.26. The number of hydrogen-bond acceptors (Lipinski definition) is 1. The third-order valence-electron chi connectivity index (χ3n) is 3.91. The van der Waals surface area contributed by atoms with Crippen LogP contribution in [0.3, 0.4) is 0 Å². The van der Waals surface area contributed by atoms with Crippen molar-refractivity contribution in [3.05, 3.63) is 83.1 Å². The van der Waals surface area contributed by atoms with E-state index in [2.05, 4.69) is 34.5 Å². The first-order valence-corrected chi connectivity index (χ1v) is 9.56. The van der Waals surface area contributed by atoms with Crippen molar-refractivity contribution in [1.29, 1.82) is 0 Å². The zero-order valence-corrected chi connectivity index (χ0v) is 16.8. The number of halogens is 3. The second-order valence-corrected chi connectivity index (χ2v) is 7.15. The standard InChI is InChI=1S/C19H16F2IN.C2H6/c1-11-8-15(20)18(16(21)9-11)19-14(10-17(22)12(2)23-19)13-6-4-3-5-7-13;1-2/h3-9,17,23H,2,10H2,1H3;1-2H3. The molecule has 0 radical (unpaired) electrons. The maximum absolute atomic E-state index is 14.5. The minimum Gasteiger partial charge on any atom is -0.358 e. The summed E-state index contributed by atoms with van der Waals surface area (Å²) in [5, 5.41) is 3.13. The van der Waals surface area contributed by atoms with Crippen LogP contribution in [-0.2, 0) is 0 Å². The smallest absolute Gasteiger partial charge is 0.135 e. The van der Waals surface area contributed by atoms with E-state index in [1.807, 2.05) is 44.2 Å². The summed E-state index contributed by atoms with van der Waals surface area (Å²) in [6, 6.07) is 12.4. The highest BCUT2D eigenvalue weighted by Crippen LogP contribution is 2.38. The molecule has 0 fully saturated rings. The van der Waals surface area contributed by atoms with E-state index in [0.717, 1.165) is 16.8 Å². The van der Waals surface area contributed by atoms with Gasteiger partial charge in [0.2, 0.25) is 0 Å². The first-order chi connectivity index (χ1) is 12.0. The van der Waals surface area contributed by atoms with Gasteiger partial charge in [-0.25, -0.2) is 8.78 Å². The normalized spacial score (nSPS) is 16.9. The van der Waals surface area contributed by atoms with E-state index < -0.39 is 11.6 Å². The van der Waals surface area contributed by atoms with Crippen LogP contribution in [0, 0.1) is 18.6 Å². The van der Waals surface area contributed by atoms with Gasteiger partial charge in [0.15, 0.2) is 0 Å². The SMILES string of the molecule is C=C1NC(c2c(F)cc(C)cc2F)=C(c2ccccc2)CC1I.CC. The molecule has 1 nitrogen and oxygen atoms in total. The Labute approximate surface area is 162 Å². The Balaban J connectivity index is 0.00000109. The van der Waals surface area contributed by atoms with Crippen molar-refractivity contribution in [2.75, 3.05) is 0 Å². The monoisotopic (exact) mass is 453 g/mol. The minimum atomic E-state index is -0.557. The van der Waals surface area contributed by atoms with Crippen molar-refractivity contribution in [2.45, 2.75) is 31.1 Å². The van der Waals surface area contributed by atoms with Gasteiger partial charge < -0.3 is 5.32 Å². The summed E-state index contributed by atoms with van der Waals surface area (Å²) >= 11 is 2.29. The maximum Gasteiger partial charge on any atom is 0.135 e. The van der Waals surface area contributed by atoms with E-state index in [1.165, 1.54) is 12.1 Å². The Hall–Kier alpha value is -1.69. The van der Waals surface area contributed by atoms with E-state index in [-0.39, 0.29) is 9.49 Å². The lowest BCUT2D eigenvalue weighted by molar-refractivity contribution is 0.572. The fraction of sp³-hybridized carbons (Fsp3) is 0.238. The van der Waals surface area contributed by atoms with Crippen LogP contribution in [0.5, 0.6) is 0 Å². The molecule has 1 aliphatic rings. The van der Waals surface area contributed by atoms with Crippen molar-refractivity contribution in [1.82, 2.24) is 5.32 Å². The molecule has 1 heterocycles. The zero-order valence-electron chi connectivity index (χ0n) is 14.7. The van der Waals surface area contributed by atoms with Crippen LogP contribution >= 0.6 is 22.6 Å². The largest absolute Gasteiger partial charge is 0.358 e. The Morgan fingerprint density at radius 2 is 1.64 bits per heavy atom. The molecule has 3 rings (SSSR count). The van der Waals surface area contributed by atoms with Crippen LogP contribution in [0.25, 0.3) is 11.3 Å². The first kappa shape index (κ1) is 19.6. The molecular formula is C21H22F2IN. The Bertz CT molecular complexity index is 774. The molecule has 4 heteroatoms. The highest BCUT2D eigenvalue weighted by Gasteiger charge is 2.27. The summed E-state index contributed by atoms with van der Waals surface area (Å²) in [6.07, 6.45) is 0.679. The van der Waals surface area contributed by atoms with E-state index in [4.69, 9.17) is 0 Å². The molecular weight excluding hydrogens is 431 g/mol. The molecule has 0 bridgehead atoms. The van der Waals surface area contributed by atoms with Crippen molar-refractivity contribution >= 4 is 33.9 Å². The molecule has 1 atom stereocenters. The summed E-state index contributed by atoms with van der Waals surface area (Å²) in [5.74, 6) is -1.11. The summed E-state index contributed by atoms with van der Waals surface area (Å²) in [7, 11) is 0. The molecule has 1 N–H and O–H groups in total. The van der Waals surface area contributed by atoms with Gasteiger partial charge >= 0.3 is 0 Å². The third kappa shape index (κ3) is 4.29. The summed E-state index contributed by atoms with van der Waals surface area (Å²) < 4.78 is 29.1. The second-order valence-electron chi connectivity index (χ2n) is 5.65. The summed E-state index contributed by atoms with van der Waals surface area (Å²) in [4.78, 5) is 0. The van der Waals surface area contributed by atoms with Gasteiger partial charge in [0.05, 0.1) is 15.2 Å². The minimum absolute atomic E-state index is 0.0149. The molecule has 0 saturated heterocycles. The van der Waals surface area contributed by atoms with Crippen molar-refractivity contribution in [2.24, 2.45) is 0 Å². The maximum atomic E-state index is 14.5. The van der Waals surface area contributed by atoms with Crippen LogP contribution in [0.15, 0.2) is 54.7 Å². The highest BCUT2D eigenvalue weighted by molar-refractivity contribution is 14.1. The van der Waals surface area contributed by atoms with Crippen LogP contribution in [0.1, 0.15) is 37.0 Å². The quantitative estimate of drug-likeness (QED) is 0.406.